The molecule has 0 bridgehead atoms. The molecule has 0 atom stereocenters. The third kappa shape index (κ3) is 2.90. The summed E-state index contributed by atoms with van der Waals surface area (Å²) in [7, 11) is 0. The van der Waals surface area contributed by atoms with Crippen LogP contribution >= 0.6 is 11.8 Å². The van der Waals surface area contributed by atoms with Crippen molar-refractivity contribution in [1.29, 1.82) is 0 Å². The van der Waals surface area contributed by atoms with Crippen molar-refractivity contribution in [2.45, 2.75) is 19.9 Å². The molecule has 59 valence electrons. The third-order valence-electron chi connectivity index (χ3n) is 1.29. The van der Waals surface area contributed by atoms with Gasteiger partial charge >= 0.3 is 0 Å². The number of nitrogens with one attached hydrogen (secondary N) is 2. The van der Waals surface area contributed by atoms with Crippen molar-refractivity contribution in [3.63, 3.8) is 0 Å². The molecule has 0 unspecified atom stereocenters. The van der Waals surface area contributed by atoms with Crippen LogP contribution in [0.25, 0.3) is 0 Å². The molecule has 2 nitrogen and oxygen atoms in total. The smallest absolute Gasteiger partial charge is 0.106 e. The van der Waals surface area contributed by atoms with Crippen LogP contribution < -0.4 is 10.6 Å². The van der Waals surface area contributed by atoms with Gasteiger partial charge in [0, 0.05) is 24.9 Å². The molecule has 0 spiro atoms. The topological polar surface area (TPSA) is 24.1 Å². The minimum atomic E-state index is 0.572. The van der Waals surface area contributed by atoms with Gasteiger partial charge in [-0.2, -0.15) is 0 Å². The number of hydrogen-bond acceptors (Lipinski definition) is 3. The Morgan fingerprint density at radius 3 is 2.90 bits per heavy atom. The Hall–Kier alpha value is 0.270. The lowest BCUT2D eigenvalue weighted by Crippen LogP contribution is -2.38. The summed E-state index contributed by atoms with van der Waals surface area (Å²) in [5, 5.41) is 8.11. The van der Waals surface area contributed by atoms with E-state index in [-0.39, 0.29) is 0 Å². The molecule has 10 heavy (non-hydrogen) atoms. The molecule has 0 amide bonds. The Morgan fingerprint density at radius 1 is 1.60 bits per heavy atom. The van der Waals surface area contributed by atoms with E-state index in [4.69, 9.17) is 0 Å². The standard InChI is InChI=1S/C7H15N2S/c1-6(2)9-7-5-8-3-4-10-7/h6,8-9H,3-5H2,1-2H3. The van der Waals surface area contributed by atoms with Gasteiger partial charge in [-0.1, -0.05) is 0 Å². The second kappa shape index (κ2) is 4.21. The van der Waals surface area contributed by atoms with E-state index in [9.17, 15) is 0 Å². The third-order valence-corrected chi connectivity index (χ3v) is 2.31. The molecule has 0 aliphatic carbocycles. The van der Waals surface area contributed by atoms with E-state index >= 15 is 0 Å². The van der Waals surface area contributed by atoms with Gasteiger partial charge in [0.2, 0.25) is 0 Å². The lowest BCUT2D eigenvalue weighted by atomic mass is 10.4. The highest BCUT2D eigenvalue weighted by molar-refractivity contribution is 8.02. The van der Waals surface area contributed by atoms with E-state index in [0.29, 0.717) is 6.04 Å². The van der Waals surface area contributed by atoms with Crippen molar-refractivity contribution in [3.8, 4) is 0 Å². The summed E-state index contributed by atoms with van der Waals surface area (Å²) in [6.07, 6.45) is 0. The number of rotatable bonds is 2. The van der Waals surface area contributed by atoms with E-state index in [2.05, 4.69) is 24.5 Å². The summed E-state index contributed by atoms with van der Waals surface area (Å²) in [4.78, 5) is 0. The Morgan fingerprint density at radius 2 is 2.40 bits per heavy atom. The van der Waals surface area contributed by atoms with Crippen molar-refractivity contribution >= 4 is 11.8 Å². The monoisotopic (exact) mass is 159 g/mol. The minimum Gasteiger partial charge on any atom is -0.313 e. The van der Waals surface area contributed by atoms with Crippen LogP contribution in [0.1, 0.15) is 13.8 Å². The second-order valence-corrected chi connectivity index (χ2v) is 3.94. The fourth-order valence-corrected chi connectivity index (χ4v) is 1.93. The molecule has 0 aromatic carbocycles. The molecule has 0 saturated carbocycles. The highest BCUT2D eigenvalue weighted by Gasteiger charge is 2.13. The van der Waals surface area contributed by atoms with Crippen LogP contribution in [0.5, 0.6) is 0 Å². The van der Waals surface area contributed by atoms with Crippen molar-refractivity contribution in [2.24, 2.45) is 0 Å². The maximum Gasteiger partial charge on any atom is 0.106 e. The molecule has 1 radical (unpaired) electrons. The molecule has 1 heterocycles. The SMILES string of the molecule is CC(C)N[C]1CNCCS1. The Kier molecular flexibility index (Phi) is 3.52. The average Bonchev–Trinajstić information content (AvgIpc) is 1.88. The van der Waals surface area contributed by atoms with Gasteiger partial charge in [0.1, 0.15) is 5.37 Å². The maximum absolute atomic E-state index is 3.40. The normalized spacial score (nSPS) is 21.9. The zero-order valence-electron chi connectivity index (χ0n) is 6.61. The predicted octanol–water partition coefficient (Wildman–Crippen LogP) is 0.810. The Bertz CT molecular complexity index is 89.6. The van der Waals surface area contributed by atoms with Crippen LogP contribution in [-0.4, -0.2) is 24.9 Å². The van der Waals surface area contributed by atoms with Crippen LogP contribution in [-0.2, 0) is 0 Å². The fraction of sp³-hybridized carbons (Fsp3) is 0.857. The Labute approximate surface area is 67.1 Å². The lowest BCUT2D eigenvalue weighted by Gasteiger charge is -2.24. The molecule has 2 N–H and O–H groups in total. The van der Waals surface area contributed by atoms with Crippen LogP contribution in [0.4, 0.5) is 0 Å². The van der Waals surface area contributed by atoms with Gasteiger partial charge in [-0.15, -0.1) is 11.8 Å². The maximum atomic E-state index is 3.40. The predicted molar refractivity (Wildman–Crippen MR) is 46.8 cm³/mol. The zero-order valence-corrected chi connectivity index (χ0v) is 7.42. The summed E-state index contributed by atoms with van der Waals surface area (Å²) in [6, 6.07) is 0.572. The molecule has 1 rings (SSSR count). The summed E-state index contributed by atoms with van der Waals surface area (Å²) in [5.74, 6) is 1.20. The first kappa shape index (κ1) is 8.37. The molecule has 0 aromatic rings. The van der Waals surface area contributed by atoms with E-state index in [1.54, 1.807) is 0 Å². The first-order valence-corrected chi connectivity index (χ1v) is 4.73. The fourth-order valence-electron chi connectivity index (χ4n) is 0.914. The number of hydrogen-bond donors (Lipinski definition) is 2. The van der Waals surface area contributed by atoms with Gasteiger partial charge < -0.3 is 5.32 Å². The molecule has 0 aromatic heterocycles. The van der Waals surface area contributed by atoms with E-state index in [1.807, 2.05) is 11.8 Å². The molecular formula is C7H15N2S. The molecular weight excluding hydrogens is 144 g/mol. The quantitative estimate of drug-likeness (QED) is 0.623. The van der Waals surface area contributed by atoms with Gasteiger partial charge in [0.25, 0.3) is 0 Å². The van der Waals surface area contributed by atoms with E-state index in [1.165, 1.54) is 11.1 Å². The van der Waals surface area contributed by atoms with Gasteiger partial charge in [-0.3, -0.25) is 5.32 Å². The van der Waals surface area contributed by atoms with Crippen LogP contribution in [0, 0.1) is 5.37 Å². The summed E-state index contributed by atoms with van der Waals surface area (Å²) in [5.41, 5.74) is 0. The summed E-state index contributed by atoms with van der Waals surface area (Å²) < 4.78 is 0. The lowest BCUT2D eigenvalue weighted by molar-refractivity contribution is 0.597. The highest BCUT2D eigenvalue weighted by Crippen LogP contribution is 2.17. The van der Waals surface area contributed by atoms with Crippen molar-refractivity contribution < 1.29 is 0 Å². The minimum absolute atomic E-state index is 0.572. The van der Waals surface area contributed by atoms with Gasteiger partial charge in [0.05, 0.1) is 0 Å². The van der Waals surface area contributed by atoms with Crippen molar-refractivity contribution in [2.75, 3.05) is 18.8 Å². The summed E-state index contributed by atoms with van der Waals surface area (Å²) >= 11 is 1.93. The average molecular weight is 159 g/mol. The van der Waals surface area contributed by atoms with Crippen LogP contribution in [0.3, 0.4) is 0 Å². The zero-order chi connectivity index (χ0) is 7.40. The molecule has 1 fully saturated rings. The first-order valence-electron chi connectivity index (χ1n) is 3.75. The van der Waals surface area contributed by atoms with E-state index in [0.717, 1.165) is 13.1 Å². The summed E-state index contributed by atoms with van der Waals surface area (Å²) in [6.45, 7) is 6.52. The molecule has 1 aliphatic rings. The molecule has 3 heteroatoms. The van der Waals surface area contributed by atoms with Crippen LogP contribution in [0.2, 0.25) is 0 Å². The largest absolute Gasteiger partial charge is 0.313 e. The van der Waals surface area contributed by atoms with Crippen molar-refractivity contribution in [3.05, 3.63) is 5.37 Å². The van der Waals surface area contributed by atoms with E-state index < -0.39 is 0 Å². The molecule has 1 saturated heterocycles. The van der Waals surface area contributed by atoms with Crippen molar-refractivity contribution in [1.82, 2.24) is 10.6 Å². The highest BCUT2D eigenvalue weighted by atomic mass is 32.2. The van der Waals surface area contributed by atoms with Gasteiger partial charge in [-0.05, 0) is 13.8 Å². The first-order chi connectivity index (χ1) is 4.79. The van der Waals surface area contributed by atoms with Gasteiger partial charge in [0.15, 0.2) is 0 Å². The Balaban J connectivity index is 2.13. The van der Waals surface area contributed by atoms with Gasteiger partial charge in [-0.25, -0.2) is 0 Å². The van der Waals surface area contributed by atoms with Crippen LogP contribution in [0.15, 0.2) is 0 Å². The second-order valence-electron chi connectivity index (χ2n) is 2.75. The molecule has 1 aliphatic heterocycles. The number of thioether (sulfide) groups is 1.